The fourth-order valence-corrected chi connectivity index (χ4v) is 3.73. The van der Waals surface area contributed by atoms with Crippen LogP contribution in [0.5, 0.6) is 0 Å². The number of rotatable bonds is 8. The van der Waals surface area contributed by atoms with Crippen LogP contribution in [0.3, 0.4) is 0 Å². The SMILES string of the molecule is CC[C@@H](CCNS(=O)(=O)c1cnn(C(F)F)c1C)n1ccc(C(F)(F)F)n1. The molecule has 2 rings (SSSR count). The van der Waals surface area contributed by atoms with Crippen molar-refractivity contribution >= 4 is 10.0 Å². The number of sulfonamides is 1. The van der Waals surface area contributed by atoms with E-state index in [2.05, 4.69) is 14.9 Å². The van der Waals surface area contributed by atoms with Crippen molar-refractivity contribution in [3.63, 3.8) is 0 Å². The molecule has 2 heterocycles. The number of hydrogen-bond donors (Lipinski definition) is 1. The highest BCUT2D eigenvalue weighted by molar-refractivity contribution is 7.89. The number of aromatic nitrogens is 4. The van der Waals surface area contributed by atoms with E-state index in [0.717, 1.165) is 16.9 Å². The summed E-state index contributed by atoms with van der Waals surface area (Å²) in [6, 6.07) is 0.378. The summed E-state index contributed by atoms with van der Waals surface area (Å²) in [6.07, 6.45) is -1.97. The molecule has 0 aromatic carbocycles. The molecule has 27 heavy (non-hydrogen) atoms. The lowest BCUT2D eigenvalue weighted by atomic mass is 10.1. The smallest absolute Gasteiger partial charge is 0.269 e. The van der Waals surface area contributed by atoms with Crippen molar-refractivity contribution in [2.45, 2.75) is 50.4 Å². The van der Waals surface area contributed by atoms with Crippen molar-refractivity contribution in [3.8, 4) is 0 Å². The van der Waals surface area contributed by atoms with Crippen LogP contribution in [0.25, 0.3) is 0 Å². The molecule has 0 bridgehead atoms. The van der Waals surface area contributed by atoms with E-state index in [1.165, 1.54) is 13.1 Å². The lowest BCUT2D eigenvalue weighted by Crippen LogP contribution is -2.27. The molecule has 0 unspecified atom stereocenters. The zero-order valence-corrected chi connectivity index (χ0v) is 15.2. The molecule has 0 amide bonds. The summed E-state index contributed by atoms with van der Waals surface area (Å²) >= 11 is 0. The topological polar surface area (TPSA) is 81.8 Å². The van der Waals surface area contributed by atoms with Crippen LogP contribution in [-0.4, -0.2) is 34.5 Å². The summed E-state index contributed by atoms with van der Waals surface area (Å²) in [5.41, 5.74) is -1.25. The third-order valence-corrected chi connectivity index (χ3v) is 5.55. The van der Waals surface area contributed by atoms with Crippen molar-refractivity contribution in [2.24, 2.45) is 0 Å². The normalized spacial score (nSPS) is 14.1. The first kappa shape index (κ1) is 21.3. The lowest BCUT2D eigenvalue weighted by molar-refractivity contribution is -0.141. The summed E-state index contributed by atoms with van der Waals surface area (Å²) < 4.78 is 91.5. The largest absolute Gasteiger partial charge is 0.435 e. The maximum absolute atomic E-state index is 12.7. The van der Waals surface area contributed by atoms with E-state index < -0.39 is 34.5 Å². The van der Waals surface area contributed by atoms with Gasteiger partial charge >= 0.3 is 12.7 Å². The van der Waals surface area contributed by atoms with Crippen molar-refractivity contribution in [1.82, 2.24) is 24.3 Å². The number of nitrogens with one attached hydrogen (secondary N) is 1. The summed E-state index contributed by atoms with van der Waals surface area (Å²) in [5.74, 6) is 0. The average Bonchev–Trinajstić information content (AvgIpc) is 3.18. The third-order valence-electron chi connectivity index (χ3n) is 3.99. The molecular weight excluding hydrogens is 397 g/mol. The van der Waals surface area contributed by atoms with E-state index in [1.54, 1.807) is 6.92 Å². The Bertz CT molecular complexity index is 875. The second-order valence-electron chi connectivity index (χ2n) is 5.74. The van der Waals surface area contributed by atoms with Crippen LogP contribution in [0.2, 0.25) is 0 Å². The molecule has 1 N–H and O–H groups in total. The summed E-state index contributed by atoms with van der Waals surface area (Å²) in [4.78, 5) is -0.380. The van der Waals surface area contributed by atoms with Crippen LogP contribution in [0.1, 0.15) is 43.7 Å². The molecule has 0 spiro atoms. The number of nitrogens with zero attached hydrogens (tertiary/aromatic N) is 4. The Labute approximate surface area is 152 Å². The van der Waals surface area contributed by atoms with E-state index >= 15 is 0 Å². The Morgan fingerprint density at radius 2 is 1.96 bits per heavy atom. The van der Waals surface area contributed by atoms with Gasteiger partial charge in [-0.1, -0.05) is 6.92 Å². The second kappa shape index (κ2) is 7.92. The number of halogens is 5. The number of alkyl halides is 5. The molecule has 0 radical (unpaired) electrons. The first-order valence-corrected chi connectivity index (χ1v) is 9.40. The quantitative estimate of drug-likeness (QED) is 0.672. The van der Waals surface area contributed by atoms with Crippen molar-refractivity contribution < 1.29 is 30.4 Å². The molecule has 0 saturated heterocycles. The standard InChI is InChI=1S/C14H18F5N5O2S/c1-3-10(23-7-5-12(22-23)14(17,18)19)4-6-21-27(25,26)11-8-20-24(9(11)2)13(15)16/h5,7-8,10,13,21H,3-4,6H2,1-2H3/t10-/m0/s1. The minimum atomic E-state index is -4.56. The molecule has 13 heteroatoms. The van der Waals surface area contributed by atoms with E-state index in [1.807, 2.05) is 0 Å². The van der Waals surface area contributed by atoms with Gasteiger partial charge in [-0.25, -0.2) is 17.8 Å². The van der Waals surface area contributed by atoms with Gasteiger partial charge in [0.1, 0.15) is 4.90 Å². The van der Waals surface area contributed by atoms with E-state index in [-0.39, 0.29) is 28.2 Å². The van der Waals surface area contributed by atoms with Crippen LogP contribution < -0.4 is 4.72 Å². The summed E-state index contributed by atoms with van der Waals surface area (Å²) in [5, 5.41) is 6.82. The van der Waals surface area contributed by atoms with Crippen LogP contribution in [0, 0.1) is 6.92 Å². The molecule has 2 aromatic heterocycles. The van der Waals surface area contributed by atoms with Gasteiger partial charge in [0, 0.05) is 12.7 Å². The molecule has 0 aliphatic heterocycles. The highest BCUT2D eigenvalue weighted by Crippen LogP contribution is 2.28. The van der Waals surface area contributed by atoms with E-state index in [9.17, 15) is 30.4 Å². The molecule has 0 saturated carbocycles. The van der Waals surface area contributed by atoms with Crippen LogP contribution in [0.15, 0.2) is 23.4 Å². The predicted octanol–water partition coefficient (Wildman–Crippen LogP) is 3.12. The van der Waals surface area contributed by atoms with Crippen LogP contribution in [0.4, 0.5) is 22.0 Å². The first-order valence-electron chi connectivity index (χ1n) is 7.91. The minimum Gasteiger partial charge on any atom is -0.269 e. The van der Waals surface area contributed by atoms with E-state index in [4.69, 9.17) is 0 Å². The summed E-state index contributed by atoms with van der Waals surface area (Å²) in [7, 11) is -4.08. The average molecular weight is 415 g/mol. The van der Waals surface area contributed by atoms with Crippen LogP contribution >= 0.6 is 0 Å². The third kappa shape index (κ3) is 4.83. The molecular formula is C14H18F5N5O2S. The van der Waals surface area contributed by atoms with Gasteiger partial charge in [0.15, 0.2) is 5.69 Å². The van der Waals surface area contributed by atoms with Gasteiger partial charge in [-0.2, -0.15) is 32.1 Å². The highest BCUT2D eigenvalue weighted by atomic mass is 32.2. The Hall–Kier alpha value is -2.02. The Balaban J connectivity index is 2.04. The van der Waals surface area contributed by atoms with Gasteiger partial charge < -0.3 is 0 Å². The molecule has 0 aliphatic carbocycles. The Morgan fingerprint density at radius 1 is 1.30 bits per heavy atom. The van der Waals surface area contributed by atoms with Crippen molar-refractivity contribution in [2.75, 3.05) is 6.54 Å². The van der Waals surface area contributed by atoms with Gasteiger partial charge in [-0.05, 0) is 25.8 Å². The predicted molar refractivity (Wildman–Crippen MR) is 84.6 cm³/mol. The van der Waals surface area contributed by atoms with Crippen molar-refractivity contribution in [3.05, 3.63) is 29.8 Å². The Morgan fingerprint density at radius 3 is 2.44 bits per heavy atom. The molecule has 2 aromatic rings. The van der Waals surface area contributed by atoms with Gasteiger partial charge in [0.05, 0.1) is 17.9 Å². The zero-order valence-electron chi connectivity index (χ0n) is 14.4. The number of hydrogen-bond acceptors (Lipinski definition) is 4. The lowest BCUT2D eigenvalue weighted by Gasteiger charge is -2.16. The molecule has 1 atom stereocenters. The molecule has 152 valence electrons. The maximum Gasteiger partial charge on any atom is 0.435 e. The molecule has 7 nitrogen and oxygen atoms in total. The van der Waals surface area contributed by atoms with Gasteiger partial charge in [-0.3, -0.25) is 4.68 Å². The highest BCUT2D eigenvalue weighted by Gasteiger charge is 2.34. The monoisotopic (exact) mass is 415 g/mol. The van der Waals surface area contributed by atoms with Crippen LogP contribution in [-0.2, 0) is 16.2 Å². The second-order valence-corrected chi connectivity index (χ2v) is 7.48. The Kier molecular flexibility index (Phi) is 6.24. The van der Waals surface area contributed by atoms with Gasteiger partial charge in [-0.15, -0.1) is 0 Å². The van der Waals surface area contributed by atoms with E-state index in [0.29, 0.717) is 6.42 Å². The molecule has 0 aliphatic rings. The fourth-order valence-electron chi connectivity index (χ4n) is 2.52. The maximum atomic E-state index is 12.7. The fraction of sp³-hybridized carbons (Fsp3) is 0.571. The summed E-state index contributed by atoms with van der Waals surface area (Å²) in [6.45, 7) is -0.155. The minimum absolute atomic E-state index is 0.110. The van der Waals surface area contributed by atoms with Gasteiger partial charge in [0.25, 0.3) is 0 Å². The van der Waals surface area contributed by atoms with Crippen molar-refractivity contribution in [1.29, 1.82) is 0 Å². The first-order chi connectivity index (χ1) is 12.5. The molecule has 0 fully saturated rings. The van der Waals surface area contributed by atoms with Gasteiger partial charge in [0.2, 0.25) is 10.0 Å². The zero-order chi connectivity index (χ0) is 20.4.